The number of nitrogens with one attached hydrogen (secondary N) is 1. The summed E-state index contributed by atoms with van der Waals surface area (Å²) in [6.07, 6.45) is 2.36. The fraction of sp³-hybridized carbons (Fsp3) is 0.500. The van der Waals surface area contributed by atoms with Crippen LogP contribution in [0, 0.1) is 6.92 Å². The van der Waals surface area contributed by atoms with Crippen LogP contribution in [0.5, 0.6) is 0 Å². The van der Waals surface area contributed by atoms with Crippen molar-refractivity contribution in [1.29, 1.82) is 0 Å². The van der Waals surface area contributed by atoms with Crippen molar-refractivity contribution in [1.82, 2.24) is 5.32 Å². The van der Waals surface area contributed by atoms with Crippen molar-refractivity contribution in [2.45, 2.75) is 33.2 Å². The molecule has 0 bridgehead atoms. The molecule has 2 rings (SSSR count). The van der Waals surface area contributed by atoms with E-state index >= 15 is 0 Å². The van der Waals surface area contributed by atoms with Crippen molar-refractivity contribution < 1.29 is 0 Å². The second-order valence-corrected chi connectivity index (χ2v) is 3.84. The highest BCUT2D eigenvalue weighted by Gasteiger charge is 2.11. The Kier molecular flexibility index (Phi) is 2.36. The molecule has 1 heterocycles. The molecule has 0 fully saturated rings. The van der Waals surface area contributed by atoms with Crippen LogP contribution < -0.4 is 5.32 Å². The van der Waals surface area contributed by atoms with E-state index in [4.69, 9.17) is 0 Å². The number of hydrogen-bond donors (Lipinski definition) is 1. The molecule has 1 aromatic carbocycles. The molecular formula is C12H17N. The number of fused-ring (bicyclic) bond motifs is 1. The largest absolute Gasteiger partial charge is 0.312 e. The quantitative estimate of drug-likeness (QED) is 0.690. The highest BCUT2D eigenvalue weighted by Crippen LogP contribution is 2.21. The van der Waals surface area contributed by atoms with Gasteiger partial charge in [0.1, 0.15) is 0 Å². The van der Waals surface area contributed by atoms with Gasteiger partial charge in [0.05, 0.1) is 0 Å². The summed E-state index contributed by atoms with van der Waals surface area (Å²) in [5, 5.41) is 3.44. The zero-order valence-corrected chi connectivity index (χ0v) is 8.48. The molecule has 0 spiro atoms. The SMILES string of the molecule is CCc1cc(C)cc2c1CNCC2. The molecule has 13 heavy (non-hydrogen) atoms. The Morgan fingerprint density at radius 1 is 1.38 bits per heavy atom. The highest BCUT2D eigenvalue weighted by atomic mass is 14.9. The average molecular weight is 175 g/mol. The molecule has 0 radical (unpaired) electrons. The minimum atomic E-state index is 1.07. The van der Waals surface area contributed by atoms with Gasteiger partial charge in [-0.2, -0.15) is 0 Å². The van der Waals surface area contributed by atoms with Crippen LogP contribution in [0.1, 0.15) is 29.2 Å². The van der Waals surface area contributed by atoms with Crippen molar-refractivity contribution in [3.05, 3.63) is 34.4 Å². The van der Waals surface area contributed by atoms with Gasteiger partial charge in [0.2, 0.25) is 0 Å². The monoisotopic (exact) mass is 175 g/mol. The lowest BCUT2D eigenvalue weighted by Gasteiger charge is -2.20. The summed E-state index contributed by atoms with van der Waals surface area (Å²) < 4.78 is 0. The van der Waals surface area contributed by atoms with Crippen LogP contribution in [-0.4, -0.2) is 6.54 Å². The minimum Gasteiger partial charge on any atom is -0.312 e. The Morgan fingerprint density at radius 3 is 3.00 bits per heavy atom. The number of benzene rings is 1. The van der Waals surface area contributed by atoms with E-state index in [-0.39, 0.29) is 0 Å². The Hall–Kier alpha value is -0.820. The van der Waals surface area contributed by atoms with Gasteiger partial charge < -0.3 is 5.32 Å². The lowest BCUT2D eigenvalue weighted by Crippen LogP contribution is -2.24. The van der Waals surface area contributed by atoms with Gasteiger partial charge in [0, 0.05) is 6.54 Å². The van der Waals surface area contributed by atoms with Crippen LogP contribution in [0.2, 0.25) is 0 Å². The normalized spacial score (nSPS) is 15.5. The summed E-state index contributed by atoms with van der Waals surface area (Å²) >= 11 is 0. The lowest BCUT2D eigenvalue weighted by molar-refractivity contribution is 0.637. The van der Waals surface area contributed by atoms with Crippen LogP contribution in [0.3, 0.4) is 0 Å². The second kappa shape index (κ2) is 3.51. The minimum absolute atomic E-state index is 1.07. The molecule has 0 saturated carbocycles. The first-order valence-electron chi connectivity index (χ1n) is 5.13. The molecule has 0 amide bonds. The van der Waals surface area contributed by atoms with E-state index < -0.39 is 0 Å². The van der Waals surface area contributed by atoms with E-state index in [9.17, 15) is 0 Å². The number of aryl methyl sites for hydroxylation is 2. The van der Waals surface area contributed by atoms with Gasteiger partial charge >= 0.3 is 0 Å². The van der Waals surface area contributed by atoms with E-state index in [2.05, 4.69) is 31.3 Å². The summed E-state index contributed by atoms with van der Waals surface area (Å²) in [7, 11) is 0. The molecule has 1 N–H and O–H groups in total. The third kappa shape index (κ3) is 1.61. The number of hydrogen-bond acceptors (Lipinski definition) is 1. The van der Waals surface area contributed by atoms with E-state index in [1.54, 1.807) is 11.1 Å². The first-order valence-corrected chi connectivity index (χ1v) is 5.13. The maximum absolute atomic E-state index is 3.44. The van der Waals surface area contributed by atoms with Gasteiger partial charge in [-0.25, -0.2) is 0 Å². The first kappa shape index (κ1) is 8.76. The van der Waals surface area contributed by atoms with Crippen molar-refractivity contribution in [3.8, 4) is 0 Å². The molecule has 70 valence electrons. The van der Waals surface area contributed by atoms with E-state index in [1.165, 1.54) is 17.5 Å². The van der Waals surface area contributed by atoms with Gasteiger partial charge in [-0.15, -0.1) is 0 Å². The molecule has 0 saturated heterocycles. The van der Waals surface area contributed by atoms with E-state index in [1.807, 2.05) is 0 Å². The first-order chi connectivity index (χ1) is 6.31. The standard InChI is InChI=1S/C12H17N/c1-3-10-6-9(2)7-11-4-5-13-8-12(10)11/h6-7,13H,3-5,8H2,1-2H3. The Balaban J connectivity index is 2.50. The third-order valence-corrected chi connectivity index (χ3v) is 2.83. The maximum Gasteiger partial charge on any atom is 0.0211 e. The molecule has 0 unspecified atom stereocenters. The predicted octanol–water partition coefficient (Wildman–Crippen LogP) is 2.20. The van der Waals surface area contributed by atoms with Gasteiger partial charge in [-0.3, -0.25) is 0 Å². The molecule has 1 aliphatic heterocycles. The fourth-order valence-corrected chi connectivity index (χ4v) is 2.17. The van der Waals surface area contributed by atoms with Crippen LogP contribution in [-0.2, 0) is 19.4 Å². The summed E-state index contributed by atoms with van der Waals surface area (Å²) in [5.41, 5.74) is 6.06. The van der Waals surface area contributed by atoms with Crippen molar-refractivity contribution in [2.75, 3.05) is 6.54 Å². The molecule has 0 atom stereocenters. The fourth-order valence-electron chi connectivity index (χ4n) is 2.17. The molecule has 0 aromatic heterocycles. The number of rotatable bonds is 1. The van der Waals surface area contributed by atoms with Gasteiger partial charge in [-0.1, -0.05) is 24.6 Å². The lowest BCUT2D eigenvalue weighted by atomic mass is 9.92. The Labute approximate surface area is 80.2 Å². The molecule has 1 nitrogen and oxygen atoms in total. The molecule has 0 aliphatic carbocycles. The molecule has 1 aromatic rings. The zero-order chi connectivity index (χ0) is 9.26. The van der Waals surface area contributed by atoms with Crippen LogP contribution in [0.4, 0.5) is 0 Å². The third-order valence-electron chi connectivity index (χ3n) is 2.83. The van der Waals surface area contributed by atoms with Crippen LogP contribution >= 0.6 is 0 Å². The van der Waals surface area contributed by atoms with Gasteiger partial charge in [-0.05, 0) is 43.0 Å². The summed E-state index contributed by atoms with van der Waals surface area (Å²) in [6.45, 7) is 6.64. The zero-order valence-electron chi connectivity index (χ0n) is 8.48. The van der Waals surface area contributed by atoms with Crippen molar-refractivity contribution in [3.63, 3.8) is 0 Å². The highest BCUT2D eigenvalue weighted by molar-refractivity contribution is 5.40. The van der Waals surface area contributed by atoms with Crippen molar-refractivity contribution >= 4 is 0 Å². The summed E-state index contributed by atoms with van der Waals surface area (Å²) in [5.74, 6) is 0. The topological polar surface area (TPSA) is 12.0 Å². The van der Waals surface area contributed by atoms with E-state index in [0.29, 0.717) is 0 Å². The van der Waals surface area contributed by atoms with Gasteiger partial charge in [0.15, 0.2) is 0 Å². The molecule has 1 aliphatic rings. The smallest absolute Gasteiger partial charge is 0.0211 e. The summed E-state index contributed by atoms with van der Waals surface area (Å²) in [4.78, 5) is 0. The van der Waals surface area contributed by atoms with Crippen LogP contribution in [0.15, 0.2) is 12.1 Å². The predicted molar refractivity (Wildman–Crippen MR) is 56.0 cm³/mol. The molecular weight excluding hydrogens is 158 g/mol. The van der Waals surface area contributed by atoms with Crippen LogP contribution in [0.25, 0.3) is 0 Å². The van der Waals surface area contributed by atoms with Crippen molar-refractivity contribution in [2.24, 2.45) is 0 Å². The summed E-state index contributed by atoms with van der Waals surface area (Å²) in [6, 6.07) is 4.67. The Morgan fingerprint density at radius 2 is 2.23 bits per heavy atom. The average Bonchev–Trinajstić information content (AvgIpc) is 2.16. The van der Waals surface area contributed by atoms with Gasteiger partial charge in [0.25, 0.3) is 0 Å². The second-order valence-electron chi connectivity index (χ2n) is 3.84. The maximum atomic E-state index is 3.44. The Bertz CT molecular complexity index is 298. The molecule has 1 heteroatoms. The van der Waals surface area contributed by atoms with E-state index in [0.717, 1.165) is 19.5 Å².